The highest BCUT2D eigenvalue weighted by atomic mass is 16.5. The summed E-state index contributed by atoms with van der Waals surface area (Å²) >= 11 is 0. The van der Waals surface area contributed by atoms with E-state index in [0.29, 0.717) is 12.1 Å². The first kappa shape index (κ1) is 11.6. The summed E-state index contributed by atoms with van der Waals surface area (Å²) in [6, 6.07) is 0.447. The summed E-state index contributed by atoms with van der Waals surface area (Å²) in [7, 11) is 0. The minimum Gasteiger partial charge on any atom is -0.378 e. The minimum atomic E-state index is 0.442. The van der Waals surface area contributed by atoms with Crippen LogP contribution in [0.4, 0.5) is 0 Å². The van der Waals surface area contributed by atoms with E-state index in [1.54, 1.807) is 0 Å². The number of hydrogen-bond acceptors (Lipinski definition) is 2. The molecule has 0 bridgehead atoms. The van der Waals surface area contributed by atoms with Gasteiger partial charge in [0.05, 0.1) is 6.10 Å². The Kier molecular flexibility index (Phi) is 5.66. The van der Waals surface area contributed by atoms with E-state index in [1.165, 1.54) is 12.8 Å². The van der Waals surface area contributed by atoms with Crippen LogP contribution in [0.1, 0.15) is 39.0 Å². The predicted molar refractivity (Wildman–Crippen MR) is 59.1 cm³/mol. The lowest BCUT2D eigenvalue weighted by Gasteiger charge is -2.19. The summed E-state index contributed by atoms with van der Waals surface area (Å²) in [5, 5.41) is 3.47. The summed E-state index contributed by atoms with van der Waals surface area (Å²) in [5.74, 6) is 2.73. The van der Waals surface area contributed by atoms with Gasteiger partial charge >= 0.3 is 0 Å². The van der Waals surface area contributed by atoms with Crippen molar-refractivity contribution in [1.29, 1.82) is 0 Å². The largest absolute Gasteiger partial charge is 0.378 e. The predicted octanol–water partition coefficient (Wildman–Crippen LogP) is 1.95. The third-order valence-corrected chi connectivity index (χ3v) is 2.62. The zero-order valence-electron chi connectivity index (χ0n) is 9.09. The molecule has 1 aliphatic heterocycles. The zero-order chi connectivity index (χ0) is 10.2. The fourth-order valence-electron chi connectivity index (χ4n) is 1.88. The van der Waals surface area contributed by atoms with Crippen LogP contribution in [0, 0.1) is 12.3 Å². The SMILES string of the molecule is C#CCC(CC1CCCO1)NCCC. The van der Waals surface area contributed by atoms with Crippen LogP contribution in [0.5, 0.6) is 0 Å². The van der Waals surface area contributed by atoms with Gasteiger partial charge in [0.1, 0.15) is 0 Å². The van der Waals surface area contributed by atoms with Crippen LogP contribution < -0.4 is 5.32 Å². The Hall–Kier alpha value is -0.520. The average Bonchev–Trinajstić information content (AvgIpc) is 2.67. The Morgan fingerprint density at radius 2 is 2.50 bits per heavy atom. The van der Waals surface area contributed by atoms with Crippen molar-refractivity contribution < 1.29 is 4.74 Å². The van der Waals surface area contributed by atoms with Crippen molar-refractivity contribution in [2.24, 2.45) is 0 Å². The van der Waals surface area contributed by atoms with Gasteiger partial charge in [0.15, 0.2) is 0 Å². The second-order valence-electron chi connectivity index (χ2n) is 3.93. The molecule has 2 atom stereocenters. The van der Waals surface area contributed by atoms with E-state index in [9.17, 15) is 0 Å². The number of rotatable bonds is 6. The molecule has 2 heteroatoms. The van der Waals surface area contributed by atoms with Crippen LogP contribution in [0.15, 0.2) is 0 Å². The highest BCUT2D eigenvalue weighted by Gasteiger charge is 2.19. The number of ether oxygens (including phenoxy) is 1. The molecule has 0 aliphatic carbocycles. The highest BCUT2D eigenvalue weighted by molar-refractivity contribution is 4.91. The number of terminal acetylenes is 1. The van der Waals surface area contributed by atoms with E-state index in [0.717, 1.165) is 32.4 Å². The lowest BCUT2D eigenvalue weighted by molar-refractivity contribution is 0.0951. The maximum atomic E-state index is 5.60. The maximum absolute atomic E-state index is 5.60. The maximum Gasteiger partial charge on any atom is 0.0591 e. The molecule has 1 N–H and O–H groups in total. The normalized spacial score (nSPS) is 23.3. The van der Waals surface area contributed by atoms with Gasteiger partial charge in [-0.15, -0.1) is 12.3 Å². The third-order valence-electron chi connectivity index (χ3n) is 2.62. The molecule has 1 saturated heterocycles. The molecule has 1 rings (SSSR count). The standard InChI is InChI=1S/C12H21NO/c1-3-6-11(13-8-4-2)10-12-7-5-9-14-12/h1,11-13H,4-10H2,2H3. The fourth-order valence-corrected chi connectivity index (χ4v) is 1.88. The van der Waals surface area contributed by atoms with Crippen molar-refractivity contribution >= 4 is 0 Å². The molecule has 0 amide bonds. The molecule has 2 unspecified atom stereocenters. The molecule has 0 aromatic heterocycles. The van der Waals surface area contributed by atoms with E-state index in [2.05, 4.69) is 18.2 Å². The van der Waals surface area contributed by atoms with Crippen molar-refractivity contribution in [1.82, 2.24) is 5.32 Å². The lowest BCUT2D eigenvalue weighted by atomic mass is 10.0. The smallest absolute Gasteiger partial charge is 0.0591 e. The van der Waals surface area contributed by atoms with Gasteiger partial charge in [0.25, 0.3) is 0 Å². The molecule has 80 valence electrons. The topological polar surface area (TPSA) is 21.3 Å². The van der Waals surface area contributed by atoms with Gasteiger partial charge in [-0.05, 0) is 32.2 Å². The Bertz CT molecular complexity index is 179. The van der Waals surface area contributed by atoms with Gasteiger partial charge in [0, 0.05) is 19.1 Å². The molecular formula is C12H21NO. The van der Waals surface area contributed by atoms with Crippen LogP contribution >= 0.6 is 0 Å². The molecular weight excluding hydrogens is 174 g/mol. The second-order valence-corrected chi connectivity index (χ2v) is 3.93. The van der Waals surface area contributed by atoms with Crippen molar-refractivity contribution in [3.8, 4) is 12.3 Å². The van der Waals surface area contributed by atoms with E-state index in [4.69, 9.17) is 11.2 Å². The molecule has 2 nitrogen and oxygen atoms in total. The molecule has 1 heterocycles. The lowest BCUT2D eigenvalue weighted by Crippen LogP contribution is -2.32. The molecule has 0 radical (unpaired) electrons. The Morgan fingerprint density at radius 1 is 1.64 bits per heavy atom. The van der Waals surface area contributed by atoms with Crippen LogP contribution in [0.3, 0.4) is 0 Å². The molecule has 0 saturated carbocycles. The van der Waals surface area contributed by atoms with Gasteiger partial charge in [-0.3, -0.25) is 0 Å². The van der Waals surface area contributed by atoms with Gasteiger partial charge in [-0.1, -0.05) is 6.92 Å². The molecule has 0 spiro atoms. The summed E-state index contributed by atoms with van der Waals surface area (Å²) in [5.41, 5.74) is 0. The average molecular weight is 195 g/mol. The van der Waals surface area contributed by atoms with E-state index in [-0.39, 0.29) is 0 Å². The Morgan fingerprint density at radius 3 is 3.07 bits per heavy atom. The molecule has 1 fully saturated rings. The van der Waals surface area contributed by atoms with Crippen molar-refractivity contribution in [3.05, 3.63) is 0 Å². The number of nitrogens with one attached hydrogen (secondary N) is 1. The quantitative estimate of drug-likeness (QED) is 0.654. The van der Waals surface area contributed by atoms with E-state index < -0.39 is 0 Å². The summed E-state index contributed by atoms with van der Waals surface area (Å²) < 4.78 is 5.60. The van der Waals surface area contributed by atoms with Gasteiger partial charge in [-0.25, -0.2) is 0 Å². The van der Waals surface area contributed by atoms with Crippen LogP contribution in [0.25, 0.3) is 0 Å². The first-order valence-electron chi connectivity index (χ1n) is 5.65. The summed E-state index contributed by atoms with van der Waals surface area (Å²) in [6.45, 7) is 4.16. The van der Waals surface area contributed by atoms with Crippen LogP contribution in [0.2, 0.25) is 0 Å². The Balaban J connectivity index is 2.22. The van der Waals surface area contributed by atoms with Gasteiger partial charge in [0.2, 0.25) is 0 Å². The summed E-state index contributed by atoms with van der Waals surface area (Å²) in [4.78, 5) is 0. The van der Waals surface area contributed by atoms with Gasteiger partial charge in [-0.2, -0.15) is 0 Å². The van der Waals surface area contributed by atoms with Crippen molar-refractivity contribution in [2.75, 3.05) is 13.2 Å². The molecule has 1 aliphatic rings. The summed E-state index contributed by atoms with van der Waals surface area (Å²) in [6.07, 6.45) is 11.3. The zero-order valence-corrected chi connectivity index (χ0v) is 9.09. The van der Waals surface area contributed by atoms with Crippen molar-refractivity contribution in [3.63, 3.8) is 0 Å². The van der Waals surface area contributed by atoms with E-state index in [1.807, 2.05) is 0 Å². The minimum absolute atomic E-state index is 0.442. The monoisotopic (exact) mass is 195 g/mol. The second kappa shape index (κ2) is 6.86. The van der Waals surface area contributed by atoms with Gasteiger partial charge < -0.3 is 10.1 Å². The molecule has 14 heavy (non-hydrogen) atoms. The van der Waals surface area contributed by atoms with Crippen LogP contribution in [-0.4, -0.2) is 25.3 Å². The Labute approximate surface area is 87.4 Å². The van der Waals surface area contributed by atoms with Crippen molar-refractivity contribution in [2.45, 2.75) is 51.2 Å². The highest BCUT2D eigenvalue weighted by Crippen LogP contribution is 2.17. The molecule has 0 aromatic carbocycles. The molecule has 0 aromatic rings. The first-order valence-corrected chi connectivity index (χ1v) is 5.65. The first-order chi connectivity index (χ1) is 6.86. The number of hydrogen-bond donors (Lipinski definition) is 1. The van der Waals surface area contributed by atoms with E-state index >= 15 is 0 Å². The fraction of sp³-hybridized carbons (Fsp3) is 0.833. The third kappa shape index (κ3) is 4.13. The van der Waals surface area contributed by atoms with Crippen LogP contribution in [-0.2, 0) is 4.74 Å².